The molecule has 5 nitrogen and oxygen atoms in total. The zero-order valence-electron chi connectivity index (χ0n) is 12.7. The van der Waals surface area contributed by atoms with Crippen LogP contribution in [0.5, 0.6) is 5.75 Å². The molecular formula is C16H22O5. The maximum absolute atomic E-state index is 12.1. The number of rotatable bonds is 8. The Bertz CT molecular complexity index is 469. The molecule has 0 saturated heterocycles. The fourth-order valence-electron chi connectivity index (χ4n) is 2.17. The number of aliphatic carboxylic acids is 1. The van der Waals surface area contributed by atoms with E-state index in [-0.39, 0.29) is 19.6 Å². The van der Waals surface area contributed by atoms with Crippen molar-refractivity contribution in [2.24, 2.45) is 11.3 Å². The van der Waals surface area contributed by atoms with Gasteiger partial charge in [-0.05, 0) is 25.0 Å². The van der Waals surface area contributed by atoms with E-state index in [1.807, 2.05) is 18.2 Å². The van der Waals surface area contributed by atoms with E-state index < -0.39 is 23.3 Å². The minimum atomic E-state index is -1.58. The van der Waals surface area contributed by atoms with E-state index in [9.17, 15) is 14.7 Å². The second-order valence-corrected chi connectivity index (χ2v) is 5.06. The fraction of sp³-hybridized carbons (Fsp3) is 0.500. The summed E-state index contributed by atoms with van der Waals surface area (Å²) < 4.78 is 10.5. The highest BCUT2D eigenvalue weighted by atomic mass is 16.5. The Morgan fingerprint density at radius 3 is 2.33 bits per heavy atom. The first-order valence-electron chi connectivity index (χ1n) is 7.03. The van der Waals surface area contributed by atoms with Crippen molar-refractivity contribution in [3.05, 3.63) is 30.3 Å². The third-order valence-corrected chi connectivity index (χ3v) is 3.52. The lowest BCUT2D eigenvalue weighted by Crippen LogP contribution is -2.46. The number of carboxylic acids is 1. The van der Waals surface area contributed by atoms with Gasteiger partial charge in [0.05, 0.1) is 13.2 Å². The van der Waals surface area contributed by atoms with Gasteiger partial charge in [-0.15, -0.1) is 0 Å². The number of benzene rings is 1. The number of hydrogen-bond donors (Lipinski definition) is 1. The van der Waals surface area contributed by atoms with Gasteiger partial charge < -0.3 is 14.6 Å². The van der Waals surface area contributed by atoms with Gasteiger partial charge in [-0.1, -0.05) is 32.0 Å². The number of hydrogen-bond acceptors (Lipinski definition) is 4. The molecule has 1 N–H and O–H groups in total. The smallest absolute Gasteiger partial charge is 0.323 e. The van der Waals surface area contributed by atoms with E-state index in [4.69, 9.17) is 9.47 Å². The van der Waals surface area contributed by atoms with E-state index in [1.165, 1.54) is 0 Å². The van der Waals surface area contributed by atoms with Crippen LogP contribution in [0.1, 0.15) is 27.2 Å². The molecule has 1 unspecified atom stereocenters. The van der Waals surface area contributed by atoms with Crippen LogP contribution in [0.25, 0.3) is 0 Å². The number of esters is 1. The highest BCUT2D eigenvalue weighted by Gasteiger charge is 2.50. The lowest BCUT2D eigenvalue weighted by atomic mass is 9.74. The molecule has 0 amide bonds. The predicted molar refractivity (Wildman–Crippen MR) is 78.1 cm³/mol. The first-order chi connectivity index (χ1) is 9.95. The minimum Gasteiger partial charge on any atom is -0.494 e. The molecule has 0 spiro atoms. The molecule has 0 aromatic heterocycles. The molecular weight excluding hydrogens is 272 g/mol. The van der Waals surface area contributed by atoms with Crippen molar-refractivity contribution in [2.45, 2.75) is 27.2 Å². The van der Waals surface area contributed by atoms with Crippen molar-refractivity contribution < 1.29 is 24.2 Å². The van der Waals surface area contributed by atoms with Crippen LogP contribution in [0, 0.1) is 11.3 Å². The third kappa shape index (κ3) is 3.97. The average molecular weight is 294 g/mol. The summed E-state index contributed by atoms with van der Waals surface area (Å²) in [7, 11) is 0. The molecule has 1 atom stereocenters. The summed E-state index contributed by atoms with van der Waals surface area (Å²) >= 11 is 0. The topological polar surface area (TPSA) is 72.8 Å². The monoisotopic (exact) mass is 294 g/mol. The van der Waals surface area contributed by atoms with Crippen molar-refractivity contribution in [2.75, 3.05) is 13.2 Å². The molecule has 0 heterocycles. The molecule has 21 heavy (non-hydrogen) atoms. The standard InChI is InChI=1S/C16H22O5/c1-4-20-15(19)16(12(2)3,14(17)18)10-11-21-13-8-6-5-7-9-13/h5-9,12H,4,10-11H2,1-3H3,(H,17,18). The number of carbonyl (C=O) groups excluding carboxylic acids is 1. The predicted octanol–water partition coefficient (Wildman–Crippen LogP) is 2.75. The van der Waals surface area contributed by atoms with E-state index in [2.05, 4.69) is 0 Å². The third-order valence-electron chi connectivity index (χ3n) is 3.52. The quantitative estimate of drug-likeness (QED) is 0.589. The SMILES string of the molecule is CCOC(=O)C(CCOc1ccccc1)(C(=O)O)C(C)C. The molecule has 0 aliphatic heterocycles. The van der Waals surface area contributed by atoms with Gasteiger partial charge in [0.15, 0.2) is 5.41 Å². The molecule has 0 aliphatic rings. The Balaban J connectivity index is 2.82. The molecule has 0 fully saturated rings. The molecule has 0 radical (unpaired) electrons. The fourth-order valence-corrected chi connectivity index (χ4v) is 2.17. The summed E-state index contributed by atoms with van der Waals surface area (Å²) in [4.78, 5) is 23.8. The Morgan fingerprint density at radius 2 is 1.86 bits per heavy atom. The summed E-state index contributed by atoms with van der Waals surface area (Å²) in [6, 6.07) is 9.08. The second kappa shape index (κ2) is 7.67. The van der Waals surface area contributed by atoms with Crippen molar-refractivity contribution in [1.29, 1.82) is 0 Å². The number of carboxylic acid groups (broad SMARTS) is 1. The molecule has 0 bridgehead atoms. The molecule has 0 aliphatic carbocycles. The summed E-state index contributed by atoms with van der Waals surface area (Å²) in [6.45, 7) is 5.35. The van der Waals surface area contributed by atoms with Gasteiger partial charge in [-0.2, -0.15) is 0 Å². The molecule has 116 valence electrons. The van der Waals surface area contributed by atoms with E-state index >= 15 is 0 Å². The molecule has 0 saturated carbocycles. The van der Waals surface area contributed by atoms with Crippen LogP contribution in [0.2, 0.25) is 0 Å². The van der Waals surface area contributed by atoms with Gasteiger partial charge >= 0.3 is 11.9 Å². The lowest BCUT2D eigenvalue weighted by molar-refractivity contribution is -0.173. The first-order valence-corrected chi connectivity index (χ1v) is 7.03. The van der Waals surface area contributed by atoms with Crippen molar-refractivity contribution in [1.82, 2.24) is 0 Å². The zero-order valence-corrected chi connectivity index (χ0v) is 12.7. The molecule has 1 rings (SSSR count). The summed E-state index contributed by atoms with van der Waals surface area (Å²) in [5.74, 6) is -1.63. The number of ether oxygens (including phenoxy) is 2. The van der Waals surface area contributed by atoms with E-state index in [0.717, 1.165) is 0 Å². The Labute approximate surface area is 124 Å². The van der Waals surface area contributed by atoms with Gasteiger partial charge in [-0.25, -0.2) is 0 Å². The highest BCUT2D eigenvalue weighted by Crippen LogP contribution is 2.34. The number of carbonyl (C=O) groups is 2. The largest absolute Gasteiger partial charge is 0.494 e. The summed E-state index contributed by atoms with van der Waals surface area (Å²) in [5.41, 5.74) is -1.58. The van der Waals surface area contributed by atoms with Crippen LogP contribution < -0.4 is 4.74 Å². The second-order valence-electron chi connectivity index (χ2n) is 5.06. The molecule has 5 heteroatoms. The van der Waals surface area contributed by atoms with Crippen LogP contribution in [0.3, 0.4) is 0 Å². The Kier molecular flexibility index (Phi) is 6.21. The normalized spacial score (nSPS) is 13.5. The summed E-state index contributed by atoms with van der Waals surface area (Å²) in [6.07, 6.45) is 0.0632. The van der Waals surface area contributed by atoms with Gasteiger partial charge in [0.1, 0.15) is 5.75 Å². The van der Waals surface area contributed by atoms with Crippen molar-refractivity contribution in [3.8, 4) is 5.75 Å². The van der Waals surface area contributed by atoms with Gasteiger partial charge in [-0.3, -0.25) is 9.59 Å². The van der Waals surface area contributed by atoms with Gasteiger partial charge in [0.25, 0.3) is 0 Å². The molecule has 1 aromatic rings. The Hall–Kier alpha value is -2.04. The van der Waals surface area contributed by atoms with E-state index in [0.29, 0.717) is 5.75 Å². The summed E-state index contributed by atoms with van der Waals surface area (Å²) in [5, 5.41) is 9.53. The highest BCUT2D eigenvalue weighted by molar-refractivity contribution is 5.99. The van der Waals surface area contributed by atoms with Crippen LogP contribution in [0.4, 0.5) is 0 Å². The van der Waals surface area contributed by atoms with Crippen molar-refractivity contribution >= 4 is 11.9 Å². The van der Waals surface area contributed by atoms with Gasteiger partial charge in [0.2, 0.25) is 0 Å². The molecule has 1 aromatic carbocycles. The van der Waals surface area contributed by atoms with Gasteiger partial charge in [0, 0.05) is 6.42 Å². The van der Waals surface area contributed by atoms with Crippen LogP contribution in [-0.2, 0) is 14.3 Å². The lowest BCUT2D eigenvalue weighted by Gasteiger charge is -2.30. The number of para-hydroxylation sites is 1. The van der Waals surface area contributed by atoms with Crippen molar-refractivity contribution in [3.63, 3.8) is 0 Å². The maximum Gasteiger partial charge on any atom is 0.323 e. The Morgan fingerprint density at radius 1 is 1.24 bits per heavy atom. The first kappa shape index (κ1) is 17.0. The van der Waals surface area contributed by atoms with Crippen LogP contribution in [0.15, 0.2) is 30.3 Å². The average Bonchev–Trinajstić information content (AvgIpc) is 2.44. The van der Waals surface area contributed by atoms with Crippen LogP contribution in [-0.4, -0.2) is 30.3 Å². The maximum atomic E-state index is 12.1. The van der Waals surface area contributed by atoms with E-state index in [1.54, 1.807) is 32.9 Å². The zero-order chi connectivity index (χ0) is 15.9. The minimum absolute atomic E-state index is 0.0632. The van der Waals surface area contributed by atoms with Crippen LogP contribution >= 0.6 is 0 Å².